The van der Waals surface area contributed by atoms with Gasteiger partial charge >= 0.3 is 6.03 Å². The molecule has 3 atom stereocenters. The first-order valence-corrected chi connectivity index (χ1v) is 8.63. The van der Waals surface area contributed by atoms with Crippen LogP contribution in [0, 0.1) is 0 Å². The summed E-state index contributed by atoms with van der Waals surface area (Å²) < 4.78 is 11.2. The Hall–Kier alpha value is -1.86. The van der Waals surface area contributed by atoms with Crippen LogP contribution in [0.25, 0.3) is 0 Å². The maximum absolute atomic E-state index is 11.9. The molecule has 2 aliphatic heterocycles. The molecular weight excluding hydrogens is 308 g/mol. The zero-order chi connectivity index (χ0) is 16.9. The smallest absolute Gasteiger partial charge is 0.319 e. The van der Waals surface area contributed by atoms with E-state index in [1.807, 2.05) is 12.1 Å². The first-order chi connectivity index (χ1) is 11.6. The van der Waals surface area contributed by atoms with Gasteiger partial charge in [0.2, 0.25) is 0 Å². The van der Waals surface area contributed by atoms with Crippen LogP contribution in [0.3, 0.4) is 0 Å². The SMILES string of the molecule is C[C@@H]1CN(c2ccc(NC(=O)NC[C@@H]3CCCO3)cn2)C[C@@H](C)O1. The molecule has 2 N–H and O–H groups in total. The van der Waals surface area contributed by atoms with E-state index in [-0.39, 0.29) is 24.3 Å². The van der Waals surface area contributed by atoms with Gasteiger partial charge in [0, 0.05) is 26.2 Å². The number of carbonyl (C=O) groups is 1. The Morgan fingerprint density at radius 1 is 1.33 bits per heavy atom. The standard InChI is InChI=1S/C17H26N4O3/c1-12-10-21(11-13(2)24-12)16-6-5-14(8-18-16)20-17(22)19-9-15-4-3-7-23-15/h5-6,8,12-13,15H,3-4,7,9-11H2,1-2H3,(H2,19,20,22)/t12-,13-,15+/m1/s1. The summed E-state index contributed by atoms with van der Waals surface area (Å²) in [6.07, 6.45) is 4.28. The lowest BCUT2D eigenvalue weighted by Crippen LogP contribution is -2.45. The van der Waals surface area contributed by atoms with E-state index < -0.39 is 0 Å². The zero-order valence-corrected chi connectivity index (χ0v) is 14.3. The monoisotopic (exact) mass is 334 g/mol. The topological polar surface area (TPSA) is 75.7 Å². The van der Waals surface area contributed by atoms with Gasteiger partial charge in [-0.25, -0.2) is 9.78 Å². The maximum Gasteiger partial charge on any atom is 0.319 e. The summed E-state index contributed by atoms with van der Waals surface area (Å²) in [4.78, 5) is 18.6. The summed E-state index contributed by atoms with van der Waals surface area (Å²) in [6, 6.07) is 3.58. The minimum Gasteiger partial charge on any atom is -0.376 e. The van der Waals surface area contributed by atoms with Crippen molar-refractivity contribution in [3.8, 4) is 0 Å². The molecule has 0 saturated carbocycles. The number of rotatable bonds is 4. The first kappa shape index (κ1) is 17.0. The van der Waals surface area contributed by atoms with E-state index >= 15 is 0 Å². The average Bonchev–Trinajstić information content (AvgIpc) is 3.06. The van der Waals surface area contributed by atoms with E-state index in [0.717, 1.165) is 38.4 Å². The number of nitrogens with zero attached hydrogens (tertiary/aromatic N) is 2. The number of amides is 2. The minimum absolute atomic E-state index is 0.140. The highest BCUT2D eigenvalue weighted by Crippen LogP contribution is 2.19. The van der Waals surface area contributed by atoms with Crippen LogP contribution in [0.5, 0.6) is 0 Å². The van der Waals surface area contributed by atoms with Gasteiger partial charge in [0.05, 0.1) is 30.2 Å². The summed E-state index contributed by atoms with van der Waals surface area (Å²) in [6.45, 7) is 7.12. The largest absolute Gasteiger partial charge is 0.376 e. The van der Waals surface area contributed by atoms with Crippen LogP contribution in [0.4, 0.5) is 16.3 Å². The van der Waals surface area contributed by atoms with Crippen molar-refractivity contribution >= 4 is 17.5 Å². The van der Waals surface area contributed by atoms with Crippen molar-refractivity contribution in [1.82, 2.24) is 10.3 Å². The molecule has 0 radical (unpaired) electrons. The predicted octanol–water partition coefficient (Wildman–Crippen LogP) is 2.00. The molecule has 24 heavy (non-hydrogen) atoms. The van der Waals surface area contributed by atoms with E-state index in [1.165, 1.54) is 0 Å². The molecule has 0 bridgehead atoms. The molecule has 3 heterocycles. The third kappa shape index (κ3) is 4.58. The van der Waals surface area contributed by atoms with Gasteiger partial charge in [-0.1, -0.05) is 0 Å². The van der Waals surface area contributed by atoms with Crippen LogP contribution in [0.15, 0.2) is 18.3 Å². The fourth-order valence-corrected chi connectivity index (χ4v) is 3.20. The molecule has 7 heteroatoms. The second kappa shape index (κ2) is 7.81. The van der Waals surface area contributed by atoms with Crippen molar-refractivity contribution in [3.05, 3.63) is 18.3 Å². The third-order valence-electron chi connectivity index (χ3n) is 4.26. The summed E-state index contributed by atoms with van der Waals surface area (Å²) in [5, 5.41) is 5.64. The second-order valence-electron chi connectivity index (χ2n) is 6.54. The molecule has 2 amide bonds. The lowest BCUT2D eigenvalue weighted by atomic mass is 10.2. The van der Waals surface area contributed by atoms with Crippen molar-refractivity contribution in [2.75, 3.05) is 36.5 Å². The van der Waals surface area contributed by atoms with E-state index in [1.54, 1.807) is 6.20 Å². The number of nitrogens with one attached hydrogen (secondary N) is 2. The van der Waals surface area contributed by atoms with Gasteiger partial charge in [-0.2, -0.15) is 0 Å². The van der Waals surface area contributed by atoms with Crippen LogP contribution < -0.4 is 15.5 Å². The summed E-state index contributed by atoms with van der Waals surface area (Å²) in [7, 11) is 0. The number of pyridine rings is 1. The first-order valence-electron chi connectivity index (χ1n) is 8.63. The number of carbonyl (C=O) groups excluding carboxylic acids is 1. The van der Waals surface area contributed by atoms with Gasteiger partial charge in [0.25, 0.3) is 0 Å². The summed E-state index contributed by atoms with van der Waals surface area (Å²) >= 11 is 0. The van der Waals surface area contributed by atoms with E-state index in [9.17, 15) is 4.79 Å². The van der Waals surface area contributed by atoms with Crippen LogP contribution in [-0.4, -0.2) is 55.6 Å². The zero-order valence-electron chi connectivity index (χ0n) is 14.3. The third-order valence-corrected chi connectivity index (χ3v) is 4.26. The number of hydrogen-bond acceptors (Lipinski definition) is 5. The quantitative estimate of drug-likeness (QED) is 0.881. The fourth-order valence-electron chi connectivity index (χ4n) is 3.20. The number of aromatic nitrogens is 1. The molecule has 2 fully saturated rings. The Morgan fingerprint density at radius 3 is 2.75 bits per heavy atom. The normalized spacial score (nSPS) is 27.1. The molecule has 1 aromatic heterocycles. The number of anilines is 2. The molecule has 3 rings (SSSR count). The van der Waals surface area contributed by atoms with Crippen molar-refractivity contribution in [2.45, 2.75) is 45.0 Å². The van der Waals surface area contributed by atoms with Gasteiger partial charge in [0.15, 0.2) is 0 Å². The lowest BCUT2D eigenvalue weighted by molar-refractivity contribution is -0.00545. The number of ether oxygens (including phenoxy) is 2. The van der Waals surface area contributed by atoms with Crippen LogP contribution in [0.2, 0.25) is 0 Å². The molecule has 7 nitrogen and oxygen atoms in total. The van der Waals surface area contributed by atoms with Gasteiger partial charge < -0.3 is 25.0 Å². The molecule has 0 spiro atoms. The van der Waals surface area contributed by atoms with Crippen LogP contribution >= 0.6 is 0 Å². The summed E-state index contributed by atoms with van der Waals surface area (Å²) in [5.41, 5.74) is 0.679. The van der Waals surface area contributed by atoms with Crippen LogP contribution in [-0.2, 0) is 9.47 Å². The summed E-state index contributed by atoms with van der Waals surface area (Å²) in [5.74, 6) is 0.905. The Balaban J connectivity index is 1.49. The molecule has 0 aliphatic carbocycles. The molecular formula is C17H26N4O3. The molecule has 132 valence electrons. The van der Waals surface area contributed by atoms with E-state index in [2.05, 4.69) is 34.4 Å². The Bertz CT molecular complexity index is 535. The van der Waals surface area contributed by atoms with Crippen molar-refractivity contribution in [3.63, 3.8) is 0 Å². The van der Waals surface area contributed by atoms with Crippen molar-refractivity contribution in [1.29, 1.82) is 0 Å². The molecule has 0 unspecified atom stereocenters. The maximum atomic E-state index is 11.9. The number of hydrogen-bond donors (Lipinski definition) is 2. The minimum atomic E-state index is -0.228. The van der Waals surface area contributed by atoms with E-state index in [4.69, 9.17) is 9.47 Å². The van der Waals surface area contributed by atoms with Gasteiger partial charge in [-0.05, 0) is 38.8 Å². The Kier molecular flexibility index (Phi) is 5.52. The predicted molar refractivity (Wildman–Crippen MR) is 92.5 cm³/mol. The Labute approximate surface area is 142 Å². The van der Waals surface area contributed by atoms with Crippen molar-refractivity contribution in [2.24, 2.45) is 0 Å². The van der Waals surface area contributed by atoms with Gasteiger partial charge in [0.1, 0.15) is 5.82 Å². The van der Waals surface area contributed by atoms with E-state index in [0.29, 0.717) is 12.2 Å². The van der Waals surface area contributed by atoms with Crippen molar-refractivity contribution < 1.29 is 14.3 Å². The molecule has 1 aromatic rings. The average molecular weight is 334 g/mol. The van der Waals surface area contributed by atoms with Crippen LogP contribution in [0.1, 0.15) is 26.7 Å². The number of urea groups is 1. The fraction of sp³-hybridized carbons (Fsp3) is 0.647. The highest BCUT2D eigenvalue weighted by molar-refractivity contribution is 5.89. The highest BCUT2D eigenvalue weighted by Gasteiger charge is 2.23. The molecule has 2 aliphatic rings. The lowest BCUT2D eigenvalue weighted by Gasteiger charge is -2.36. The molecule has 0 aromatic carbocycles. The Morgan fingerprint density at radius 2 is 2.12 bits per heavy atom. The second-order valence-corrected chi connectivity index (χ2v) is 6.54. The number of morpholine rings is 1. The molecule has 2 saturated heterocycles. The van der Waals surface area contributed by atoms with Gasteiger partial charge in [-0.3, -0.25) is 0 Å². The van der Waals surface area contributed by atoms with Gasteiger partial charge in [-0.15, -0.1) is 0 Å². The highest BCUT2D eigenvalue weighted by atomic mass is 16.5.